The minimum absolute atomic E-state index is 0.0434. The van der Waals surface area contributed by atoms with Gasteiger partial charge in [-0.05, 0) is 25.3 Å². The van der Waals surface area contributed by atoms with Gasteiger partial charge in [0.05, 0.1) is 5.75 Å². The van der Waals surface area contributed by atoms with Crippen LogP contribution in [0.2, 0.25) is 0 Å². The molecule has 0 unspecified atom stereocenters. The number of nitrogens with one attached hydrogen (secondary N) is 1. The highest BCUT2D eigenvalue weighted by Gasteiger charge is 2.19. The van der Waals surface area contributed by atoms with E-state index in [-0.39, 0.29) is 23.3 Å². The monoisotopic (exact) mass is 412 g/mol. The van der Waals surface area contributed by atoms with E-state index in [0.717, 1.165) is 24.0 Å². The molecule has 1 atom stereocenters. The van der Waals surface area contributed by atoms with Crippen molar-refractivity contribution in [2.75, 3.05) is 5.75 Å². The van der Waals surface area contributed by atoms with E-state index in [0.29, 0.717) is 22.7 Å². The summed E-state index contributed by atoms with van der Waals surface area (Å²) in [6.45, 7) is 6.62. The number of rotatable bonds is 8. The van der Waals surface area contributed by atoms with Crippen molar-refractivity contribution in [2.24, 2.45) is 7.05 Å². The maximum absolute atomic E-state index is 13.3. The SMILES string of the molecule is CCCn1c(SCC(=O)N[C@@H](C)CC)nc2c(-c3ccccc3)cn(C)c2c1=O. The summed E-state index contributed by atoms with van der Waals surface area (Å²) in [5.41, 5.74) is 3.15. The summed E-state index contributed by atoms with van der Waals surface area (Å²) in [6, 6.07) is 10.1. The molecule has 0 fully saturated rings. The van der Waals surface area contributed by atoms with E-state index >= 15 is 0 Å². The lowest BCUT2D eigenvalue weighted by molar-refractivity contribution is -0.119. The fourth-order valence-corrected chi connectivity index (χ4v) is 4.09. The fourth-order valence-electron chi connectivity index (χ4n) is 3.26. The first-order valence-electron chi connectivity index (χ1n) is 10.0. The number of nitrogens with zero attached hydrogens (tertiary/aromatic N) is 3. The molecule has 0 spiro atoms. The molecule has 0 aliphatic carbocycles. The van der Waals surface area contributed by atoms with Crippen LogP contribution in [0.25, 0.3) is 22.2 Å². The third kappa shape index (κ3) is 4.56. The van der Waals surface area contributed by atoms with Gasteiger partial charge in [-0.2, -0.15) is 0 Å². The quantitative estimate of drug-likeness (QED) is 0.451. The first-order chi connectivity index (χ1) is 14.0. The number of hydrogen-bond donors (Lipinski definition) is 1. The Bertz CT molecular complexity index is 1060. The minimum Gasteiger partial charge on any atom is -0.353 e. The van der Waals surface area contributed by atoms with Crippen LogP contribution in [-0.2, 0) is 18.4 Å². The topological polar surface area (TPSA) is 68.9 Å². The molecule has 3 aromatic rings. The van der Waals surface area contributed by atoms with E-state index in [2.05, 4.69) is 5.32 Å². The van der Waals surface area contributed by atoms with Crippen molar-refractivity contribution in [3.63, 3.8) is 0 Å². The predicted octanol–water partition coefficient (Wildman–Crippen LogP) is 3.82. The van der Waals surface area contributed by atoms with Gasteiger partial charge in [-0.25, -0.2) is 4.98 Å². The Morgan fingerprint density at radius 2 is 1.97 bits per heavy atom. The third-order valence-electron chi connectivity index (χ3n) is 4.93. The number of amides is 1. The van der Waals surface area contributed by atoms with E-state index in [1.54, 1.807) is 4.57 Å². The Labute approximate surface area is 175 Å². The largest absolute Gasteiger partial charge is 0.353 e. The predicted molar refractivity (Wildman–Crippen MR) is 119 cm³/mol. The van der Waals surface area contributed by atoms with Crippen molar-refractivity contribution in [1.29, 1.82) is 0 Å². The number of carbonyl (C=O) groups excluding carboxylic acids is 1. The zero-order valence-electron chi connectivity index (χ0n) is 17.4. The van der Waals surface area contributed by atoms with Crippen molar-refractivity contribution in [3.05, 3.63) is 46.9 Å². The lowest BCUT2D eigenvalue weighted by atomic mass is 10.1. The van der Waals surface area contributed by atoms with E-state index in [9.17, 15) is 9.59 Å². The molecule has 0 aliphatic rings. The Morgan fingerprint density at radius 3 is 2.62 bits per heavy atom. The maximum Gasteiger partial charge on any atom is 0.278 e. The van der Waals surface area contributed by atoms with Gasteiger partial charge in [0.2, 0.25) is 5.91 Å². The second kappa shape index (κ2) is 9.31. The second-order valence-corrected chi connectivity index (χ2v) is 8.18. The molecule has 7 heteroatoms. The molecular weight excluding hydrogens is 384 g/mol. The standard InChI is InChI=1S/C22H28N4O2S/c1-5-12-26-21(28)20-19(17(13-25(20)4)16-10-8-7-9-11-16)24-22(26)29-14-18(27)23-15(3)6-2/h7-11,13,15H,5-6,12,14H2,1-4H3,(H,23,27)/t15-/m0/s1. The Kier molecular flexibility index (Phi) is 6.79. The number of carbonyl (C=O) groups is 1. The zero-order chi connectivity index (χ0) is 21.0. The van der Waals surface area contributed by atoms with Gasteiger partial charge in [-0.3, -0.25) is 14.2 Å². The molecule has 2 heterocycles. The summed E-state index contributed by atoms with van der Waals surface area (Å²) in [5.74, 6) is 0.192. The van der Waals surface area contributed by atoms with Gasteiger partial charge in [-0.1, -0.05) is 55.9 Å². The summed E-state index contributed by atoms with van der Waals surface area (Å²) in [5, 5.41) is 3.56. The summed E-state index contributed by atoms with van der Waals surface area (Å²) in [6.07, 6.45) is 3.65. The molecule has 1 N–H and O–H groups in total. The van der Waals surface area contributed by atoms with Crippen LogP contribution in [-0.4, -0.2) is 31.8 Å². The van der Waals surface area contributed by atoms with E-state index in [1.165, 1.54) is 11.8 Å². The van der Waals surface area contributed by atoms with E-state index in [1.807, 2.05) is 68.9 Å². The number of aromatic nitrogens is 3. The molecule has 0 saturated heterocycles. The zero-order valence-corrected chi connectivity index (χ0v) is 18.3. The van der Waals surface area contributed by atoms with Gasteiger partial charge in [0.1, 0.15) is 11.0 Å². The molecule has 0 aliphatic heterocycles. The number of aryl methyl sites for hydroxylation is 1. The van der Waals surface area contributed by atoms with Crippen LogP contribution < -0.4 is 10.9 Å². The summed E-state index contributed by atoms with van der Waals surface area (Å²) < 4.78 is 3.54. The molecule has 0 saturated carbocycles. The van der Waals surface area contributed by atoms with Crippen LogP contribution in [0.1, 0.15) is 33.6 Å². The molecule has 1 amide bonds. The number of benzene rings is 1. The van der Waals surface area contributed by atoms with Gasteiger partial charge in [0.25, 0.3) is 5.56 Å². The van der Waals surface area contributed by atoms with Crippen molar-refractivity contribution in [1.82, 2.24) is 19.4 Å². The Morgan fingerprint density at radius 1 is 1.24 bits per heavy atom. The normalized spacial score (nSPS) is 12.3. The highest BCUT2D eigenvalue weighted by Crippen LogP contribution is 2.29. The van der Waals surface area contributed by atoms with E-state index in [4.69, 9.17) is 4.98 Å². The first kappa shape index (κ1) is 21.2. The molecule has 29 heavy (non-hydrogen) atoms. The third-order valence-corrected chi connectivity index (χ3v) is 5.90. The maximum atomic E-state index is 13.3. The molecule has 1 aromatic carbocycles. The van der Waals surface area contributed by atoms with Gasteiger partial charge in [0.15, 0.2) is 5.16 Å². The average Bonchev–Trinajstić information content (AvgIpc) is 3.05. The van der Waals surface area contributed by atoms with Crippen LogP contribution in [0.4, 0.5) is 0 Å². The highest BCUT2D eigenvalue weighted by molar-refractivity contribution is 7.99. The fraction of sp³-hybridized carbons (Fsp3) is 0.409. The molecule has 0 radical (unpaired) electrons. The van der Waals surface area contributed by atoms with Gasteiger partial charge >= 0.3 is 0 Å². The molecule has 6 nitrogen and oxygen atoms in total. The summed E-state index contributed by atoms with van der Waals surface area (Å²) in [7, 11) is 1.88. The van der Waals surface area contributed by atoms with Crippen molar-refractivity contribution in [3.8, 4) is 11.1 Å². The highest BCUT2D eigenvalue weighted by atomic mass is 32.2. The Hall–Kier alpha value is -2.54. The molecule has 154 valence electrons. The lowest BCUT2D eigenvalue weighted by Gasteiger charge is -2.13. The van der Waals surface area contributed by atoms with Crippen molar-refractivity contribution < 1.29 is 4.79 Å². The summed E-state index contributed by atoms with van der Waals surface area (Å²) >= 11 is 1.32. The van der Waals surface area contributed by atoms with Crippen LogP contribution in [0.15, 0.2) is 46.5 Å². The van der Waals surface area contributed by atoms with Crippen LogP contribution in [0.3, 0.4) is 0 Å². The van der Waals surface area contributed by atoms with Crippen molar-refractivity contribution in [2.45, 2.75) is 51.4 Å². The number of hydrogen-bond acceptors (Lipinski definition) is 4. The van der Waals surface area contributed by atoms with Gasteiger partial charge in [-0.15, -0.1) is 0 Å². The smallest absolute Gasteiger partial charge is 0.278 e. The van der Waals surface area contributed by atoms with Gasteiger partial charge in [0, 0.05) is 31.4 Å². The first-order valence-corrected chi connectivity index (χ1v) is 11.0. The summed E-state index contributed by atoms with van der Waals surface area (Å²) in [4.78, 5) is 30.4. The van der Waals surface area contributed by atoms with Crippen LogP contribution in [0, 0.1) is 0 Å². The van der Waals surface area contributed by atoms with Crippen LogP contribution in [0.5, 0.6) is 0 Å². The van der Waals surface area contributed by atoms with Gasteiger partial charge < -0.3 is 9.88 Å². The average molecular weight is 413 g/mol. The number of fused-ring (bicyclic) bond motifs is 1. The number of thioether (sulfide) groups is 1. The van der Waals surface area contributed by atoms with Crippen LogP contribution >= 0.6 is 11.8 Å². The lowest BCUT2D eigenvalue weighted by Crippen LogP contribution is -2.33. The molecule has 2 aromatic heterocycles. The Balaban J connectivity index is 2.05. The van der Waals surface area contributed by atoms with Crippen molar-refractivity contribution >= 4 is 28.7 Å². The minimum atomic E-state index is -0.0636. The molecule has 3 rings (SSSR count). The second-order valence-electron chi connectivity index (χ2n) is 7.23. The van der Waals surface area contributed by atoms with E-state index < -0.39 is 0 Å². The molecular formula is C22H28N4O2S. The molecule has 0 bridgehead atoms.